The molecule has 1 N–H and O–H groups in total. The molecule has 2 atom stereocenters. The Morgan fingerprint density at radius 3 is 2.53 bits per heavy atom. The van der Waals surface area contributed by atoms with E-state index >= 15 is 0 Å². The Balaban J connectivity index is 1.80. The number of amidine groups is 1. The summed E-state index contributed by atoms with van der Waals surface area (Å²) in [5, 5.41) is 12.3. The summed E-state index contributed by atoms with van der Waals surface area (Å²) in [5.41, 5.74) is -0.511. The summed E-state index contributed by atoms with van der Waals surface area (Å²) in [4.78, 5) is 34.6. The molecule has 0 radical (unpaired) electrons. The lowest BCUT2D eigenvalue weighted by Gasteiger charge is -2.41. The van der Waals surface area contributed by atoms with Gasteiger partial charge in [0.1, 0.15) is 5.54 Å². The maximum Gasteiger partial charge on any atom is 0.407 e. The number of rotatable bonds is 2. The fraction of sp³-hybridized carbons (Fsp3) is 0.409. The van der Waals surface area contributed by atoms with Crippen molar-refractivity contribution < 1.29 is 14.7 Å². The number of nitrogens with zero attached hydrogens (tertiary/aromatic N) is 3. The third-order valence-electron chi connectivity index (χ3n) is 5.56. The van der Waals surface area contributed by atoms with E-state index in [0.717, 1.165) is 10.6 Å². The second kappa shape index (κ2) is 7.74. The van der Waals surface area contributed by atoms with Crippen LogP contribution in [0.3, 0.4) is 0 Å². The van der Waals surface area contributed by atoms with Gasteiger partial charge >= 0.3 is 6.09 Å². The molecular formula is C22H25N3O3S2. The van der Waals surface area contributed by atoms with Crippen molar-refractivity contribution in [1.29, 1.82) is 0 Å². The molecule has 0 unspecified atom stereocenters. The van der Waals surface area contributed by atoms with Crippen LogP contribution in [0.2, 0.25) is 0 Å². The van der Waals surface area contributed by atoms with Crippen LogP contribution in [0.5, 0.6) is 0 Å². The molecule has 1 saturated heterocycles. The number of thiophene rings is 1. The number of benzene rings is 1. The van der Waals surface area contributed by atoms with Gasteiger partial charge in [0.15, 0.2) is 5.17 Å². The van der Waals surface area contributed by atoms with E-state index in [4.69, 9.17) is 4.99 Å². The maximum absolute atomic E-state index is 13.5. The second-order valence-corrected chi connectivity index (χ2v) is 10.6. The fourth-order valence-electron chi connectivity index (χ4n) is 4.10. The van der Waals surface area contributed by atoms with Crippen molar-refractivity contribution in [3.05, 3.63) is 58.3 Å². The number of carbonyl (C=O) groups excluding carboxylic acids is 1. The maximum atomic E-state index is 13.5. The number of likely N-dealkylation sites (tertiary alicyclic amines) is 1. The Hall–Kier alpha value is -2.32. The largest absolute Gasteiger partial charge is 0.465 e. The Morgan fingerprint density at radius 1 is 1.20 bits per heavy atom. The number of hydrogen-bond acceptors (Lipinski definition) is 5. The molecule has 0 aliphatic carbocycles. The van der Waals surface area contributed by atoms with E-state index in [-0.39, 0.29) is 11.8 Å². The molecule has 0 bridgehead atoms. The van der Waals surface area contributed by atoms with Crippen LogP contribution < -0.4 is 0 Å². The molecule has 0 spiro atoms. The molecule has 30 heavy (non-hydrogen) atoms. The molecule has 158 valence electrons. The van der Waals surface area contributed by atoms with Crippen molar-refractivity contribution in [3.63, 3.8) is 0 Å². The predicted molar refractivity (Wildman–Crippen MR) is 121 cm³/mol. The first-order valence-corrected chi connectivity index (χ1v) is 11.7. The number of fused-ring (bicyclic) bond motifs is 1. The van der Waals surface area contributed by atoms with Gasteiger partial charge in [-0.25, -0.2) is 9.79 Å². The van der Waals surface area contributed by atoms with Crippen LogP contribution in [0.1, 0.15) is 36.0 Å². The van der Waals surface area contributed by atoms with E-state index in [1.165, 1.54) is 4.90 Å². The van der Waals surface area contributed by atoms with E-state index in [9.17, 15) is 14.7 Å². The molecule has 0 saturated carbocycles. The normalized spacial score (nSPS) is 23.6. The molecule has 1 fully saturated rings. The number of aliphatic imine (C=N–C) groups is 1. The van der Waals surface area contributed by atoms with Crippen molar-refractivity contribution in [2.45, 2.75) is 31.8 Å². The highest BCUT2D eigenvalue weighted by Gasteiger charge is 2.53. The minimum Gasteiger partial charge on any atom is -0.465 e. The molecule has 1 aromatic heterocycles. The third-order valence-corrected chi connectivity index (χ3v) is 7.70. The highest BCUT2D eigenvalue weighted by atomic mass is 32.2. The lowest BCUT2D eigenvalue weighted by Crippen LogP contribution is -2.51. The van der Waals surface area contributed by atoms with Gasteiger partial charge in [0.25, 0.3) is 5.91 Å². The van der Waals surface area contributed by atoms with Crippen LogP contribution in [0, 0.1) is 5.92 Å². The van der Waals surface area contributed by atoms with Gasteiger partial charge in [-0.2, -0.15) is 0 Å². The van der Waals surface area contributed by atoms with Crippen molar-refractivity contribution in [2.24, 2.45) is 10.9 Å². The lowest BCUT2D eigenvalue weighted by molar-refractivity contribution is 0.0751. The monoisotopic (exact) mass is 443 g/mol. The smallest absolute Gasteiger partial charge is 0.407 e. The predicted octanol–water partition coefficient (Wildman–Crippen LogP) is 4.60. The number of amides is 2. The quantitative estimate of drug-likeness (QED) is 0.736. The van der Waals surface area contributed by atoms with Crippen LogP contribution in [0.4, 0.5) is 4.79 Å². The van der Waals surface area contributed by atoms with Gasteiger partial charge in [0.2, 0.25) is 0 Å². The first-order chi connectivity index (χ1) is 14.2. The molecule has 1 aromatic carbocycles. The van der Waals surface area contributed by atoms with E-state index < -0.39 is 17.2 Å². The van der Waals surface area contributed by atoms with Crippen LogP contribution in [-0.4, -0.2) is 56.5 Å². The molecule has 6 nitrogen and oxygen atoms in total. The van der Waals surface area contributed by atoms with Gasteiger partial charge in [0.05, 0.1) is 6.54 Å². The summed E-state index contributed by atoms with van der Waals surface area (Å²) in [7, 11) is 0. The first kappa shape index (κ1) is 20.9. The fourth-order valence-corrected chi connectivity index (χ4v) is 6.49. The number of carboxylic acid groups (broad SMARTS) is 1. The van der Waals surface area contributed by atoms with Crippen molar-refractivity contribution in [3.8, 4) is 0 Å². The molecule has 2 amide bonds. The Labute approximate surface area is 184 Å². The van der Waals surface area contributed by atoms with Crippen molar-refractivity contribution >= 4 is 40.3 Å². The standard InChI is InChI=1S/C22H25N3O3S2/c1-21(2,3)25(18(26)15-8-5-4-6-9-15)19-23-22(17-10-7-11-29-17)14-24(20(27)28)12-16(22)13-30-19/h4-11,16H,12-14H2,1-3H3,(H,27,28)/t16-,22-/m0/s1. The molecule has 4 rings (SSSR count). The molecule has 2 aromatic rings. The van der Waals surface area contributed by atoms with Gasteiger partial charge in [-0.3, -0.25) is 9.69 Å². The summed E-state index contributed by atoms with van der Waals surface area (Å²) >= 11 is 3.14. The Kier molecular flexibility index (Phi) is 5.40. The highest BCUT2D eigenvalue weighted by Crippen LogP contribution is 2.48. The van der Waals surface area contributed by atoms with Crippen molar-refractivity contribution in [2.75, 3.05) is 18.8 Å². The van der Waals surface area contributed by atoms with Crippen LogP contribution in [0.15, 0.2) is 52.8 Å². The van der Waals surface area contributed by atoms with Gasteiger partial charge in [-0.1, -0.05) is 36.0 Å². The molecule has 3 heterocycles. The Bertz CT molecular complexity index is 969. The second-order valence-electron chi connectivity index (χ2n) is 8.64. The zero-order valence-corrected chi connectivity index (χ0v) is 18.9. The van der Waals surface area contributed by atoms with Gasteiger partial charge in [-0.15, -0.1) is 11.3 Å². The topological polar surface area (TPSA) is 73.2 Å². The van der Waals surface area contributed by atoms with E-state index in [1.807, 2.05) is 68.6 Å². The number of thioether (sulfide) groups is 1. The van der Waals surface area contributed by atoms with Crippen LogP contribution in [0.25, 0.3) is 0 Å². The summed E-state index contributed by atoms with van der Waals surface area (Å²) in [6, 6.07) is 13.2. The minimum absolute atomic E-state index is 0.0784. The summed E-state index contributed by atoms with van der Waals surface area (Å²) in [5.74, 6) is 0.701. The average Bonchev–Trinajstić information content (AvgIpc) is 3.36. The average molecular weight is 444 g/mol. The van der Waals surface area contributed by atoms with E-state index in [1.54, 1.807) is 28.0 Å². The van der Waals surface area contributed by atoms with Gasteiger partial charge in [-0.05, 0) is 44.4 Å². The van der Waals surface area contributed by atoms with Gasteiger partial charge in [0, 0.05) is 34.2 Å². The number of hydrogen-bond donors (Lipinski definition) is 1. The summed E-state index contributed by atoms with van der Waals surface area (Å²) < 4.78 is 0. The van der Waals surface area contributed by atoms with E-state index in [2.05, 4.69) is 0 Å². The molecule has 2 aliphatic rings. The van der Waals surface area contributed by atoms with Crippen molar-refractivity contribution in [1.82, 2.24) is 9.80 Å². The number of carbonyl (C=O) groups is 2. The zero-order valence-electron chi connectivity index (χ0n) is 17.2. The summed E-state index contributed by atoms with van der Waals surface area (Å²) in [6.45, 7) is 6.77. The van der Waals surface area contributed by atoms with Crippen LogP contribution >= 0.6 is 23.1 Å². The third kappa shape index (κ3) is 3.63. The summed E-state index contributed by atoms with van der Waals surface area (Å²) in [6.07, 6.45) is -0.921. The minimum atomic E-state index is -0.921. The molecule has 2 aliphatic heterocycles. The first-order valence-electron chi connectivity index (χ1n) is 9.86. The van der Waals surface area contributed by atoms with E-state index in [0.29, 0.717) is 23.8 Å². The lowest BCUT2D eigenvalue weighted by atomic mass is 9.87. The zero-order chi connectivity index (χ0) is 21.5. The molecule has 8 heteroatoms. The molecular weight excluding hydrogens is 418 g/mol. The van der Waals surface area contributed by atoms with Gasteiger partial charge < -0.3 is 10.0 Å². The van der Waals surface area contributed by atoms with Crippen LogP contribution in [-0.2, 0) is 5.54 Å². The SMILES string of the molecule is CC(C)(C)N(C(=O)c1ccccc1)C1=N[C@@]2(c3cccs3)CN(C(=O)O)C[C@H]2CS1. The Morgan fingerprint density at radius 2 is 1.93 bits per heavy atom. The highest BCUT2D eigenvalue weighted by molar-refractivity contribution is 8.13.